The van der Waals surface area contributed by atoms with Crippen molar-refractivity contribution in [1.29, 1.82) is 0 Å². The summed E-state index contributed by atoms with van der Waals surface area (Å²) in [4.78, 5) is 4.43. The van der Waals surface area contributed by atoms with Crippen molar-refractivity contribution in [2.24, 2.45) is 0 Å². The van der Waals surface area contributed by atoms with Crippen LogP contribution in [0.5, 0.6) is 0 Å². The van der Waals surface area contributed by atoms with Gasteiger partial charge < -0.3 is 4.52 Å². The molecule has 0 aliphatic carbocycles. The van der Waals surface area contributed by atoms with Gasteiger partial charge in [-0.2, -0.15) is 4.98 Å². The first-order chi connectivity index (χ1) is 11.3. The third-order valence-electron chi connectivity index (χ3n) is 3.39. The fourth-order valence-electron chi connectivity index (χ4n) is 1.98. The lowest BCUT2D eigenvalue weighted by Gasteiger charge is -2.10. The monoisotopic (exact) mass is 363 g/mol. The Balaban J connectivity index is 1.76. The van der Waals surface area contributed by atoms with Crippen LogP contribution in [-0.2, 0) is 11.2 Å². The van der Waals surface area contributed by atoms with Crippen LogP contribution < -0.4 is 0 Å². The molecule has 0 atom stereocenters. The van der Waals surface area contributed by atoms with Crippen LogP contribution in [0.3, 0.4) is 0 Å². The smallest absolute Gasteiger partial charge is 0.232 e. The molecular weight excluding hydrogens is 346 g/mol. The molecule has 1 aromatic carbocycles. The zero-order chi connectivity index (χ0) is 17.3. The van der Waals surface area contributed by atoms with Gasteiger partial charge in [-0.3, -0.25) is 4.57 Å². The van der Waals surface area contributed by atoms with E-state index in [1.807, 2.05) is 50.5 Å². The molecule has 3 aromatic rings. The molecule has 0 N–H and O–H groups in total. The average molecular weight is 364 g/mol. The minimum atomic E-state index is -0.158. The number of aromatic nitrogens is 5. The van der Waals surface area contributed by atoms with Crippen LogP contribution in [0.4, 0.5) is 0 Å². The molecule has 6 nitrogen and oxygen atoms in total. The van der Waals surface area contributed by atoms with E-state index in [2.05, 4.69) is 20.3 Å². The molecule has 0 aliphatic heterocycles. The molecule has 3 rings (SSSR count). The van der Waals surface area contributed by atoms with Gasteiger partial charge in [0.15, 0.2) is 11.0 Å². The first-order valence-corrected chi connectivity index (χ1v) is 8.83. The Morgan fingerprint density at radius 2 is 2.08 bits per heavy atom. The van der Waals surface area contributed by atoms with E-state index in [-0.39, 0.29) is 5.41 Å². The highest BCUT2D eigenvalue weighted by Gasteiger charge is 2.22. The zero-order valence-corrected chi connectivity index (χ0v) is 15.5. The Morgan fingerprint density at radius 1 is 1.29 bits per heavy atom. The largest absolute Gasteiger partial charge is 0.339 e. The van der Waals surface area contributed by atoms with Crippen LogP contribution in [0.1, 0.15) is 38.0 Å². The molecule has 2 heterocycles. The standard InChI is InChI=1S/C16H18ClN5OS/c1-10-5-6-11(7-12(10)17)22-9-18-20-15(22)24-8-13-19-14(23-21-13)16(2,3)4/h5-7,9H,8H2,1-4H3. The number of rotatable bonds is 4. The summed E-state index contributed by atoms with van der Waals surface area (Å²) in [5.74, 6) is 1.82. The molecule has 0 bridgehead atoms. The highest BCUT2D eigenvalue weighted by atomic mass is 35.5. The lowest BCUT2D eigenvalue weighted by atomic mass is 9.97. The van der Waals surface area contributed by atoms with Crippen molar-refractivity contribution in [2.45, 2.75) is 44.0 Å². The van der Waals surface area contributed by atoms with Crippen LogP contribution in [0, 0.1) is 6.92 Å². The molecule has 2 aromatic heterocycles. The van der Waals surface area contributed by atoms with E-state index in [0.29, 0.717) is 22.5 Å². The van der Waals surface area contributed by atoms with Crippen molar-refractivity contribution >= 4 is 23.4 Å². The van der Waals surface area contributed by atoms with Gasteiger partial charge in [0.25, 0.3) is 0 Å². The van der Waals surface area contributed by atoms with Gasteiger partial charge in [-0.15, -0.1) is 10.2 Å². The Labute approximate surface area is 149 Å². The third kappa shape index (κ3) is 3.62. The van der Waals surface area contributed by atoms with Gasteiger partial charge in [0.05, 0.1) is 11.4 Å². The molecule has 0 spiro atoms. The minimum Gasteiger partial charge on any atom is -0.339 e. The summed E-state index contributed by atoms with van der Waals surface area (Å²) in [5.41, 5.74) is 1.79. The summed E-state index contributed by atoms with van der Waals surface area (Å²) < 4.78 is 7.20. The molecule has 0 fully saturated rings. The maximum absolute atomic E-state index is 6.21. The van der Waals surface area contributed by atoms with Crippen molar-refractivity contribution in [3.05, 3.63) is 46.8 Å². The van der Waals surface area contributed by atoms with Gasteiger partial charge in [-0.1, -0.05) is 55.4 Å². The van der Waals surface area contributed by atoms with E-state index < -0.39 is 0 Å². The number of halogens is 1. The lowest BCUT2D eigenvalue weighted by Crippen LogP contribution is -2.11. The summed E-state index contributed by atoms with van der Waals surface area (Å²) in [6.07, 6.45) is 1.67. The third-order valence-corrected chi connectivity index (χ3v) is 4.74. The summed E-state index contributed by atoms with van der Waals surface area (Å²) in [7, 11) is 0. The highest BCUT2D eigenvalue weighted by Crippen LogP contribution is 2.26. The first kappa shape index (κ1) is 17.0. The normalized spacial score (nSPS) is 11.9. The van der Waals surface area contributed by atoms with Gasteiger partial charge in [-0.05, 0) is 24.6 Å². The molecule has 0 amide bonds. The fraction of sp³-hybridized carbons (Fsp3) is 0.375. The molecule has 0 unspecified atom stereocenters. The van der Waals surface area contributed by atoms with Gasteiger partial charge >= 0.3 is 0 Å². The Kier molecular flexibility index (Phi) is 4.64. The van der Waals surface area contributed by atoms with Gasteiger partial charge in [-0.25, -0.2) is 0 Å². The van der Waals surface area contributed by atoms with Gasteiger partial charge in [0.2, 0.25) is 5.89 Å². The van der Waals surface area contributed by atoms with Crippen molar-refractivity contribution in [2.75, 3.05) is 0 Å². The van der Waals surface area contributed by atoms with Crippen molar-refractivity contribution in [1.82, 2.24) is 24.9 Å². The summed E-state index contributed by atoms with van der Waals surface area (Å²) >= 11 is 7.71. The number of thioether (sulfide) groups is 1. The molecule has 0 aliphatic rings. The van der Waals surface area contributed by atoms with E-state index in [1.165, 1.54) is 11.8 Å². The van der Waals surface area contributed by atoms with E-state index in [0.717, 1.165) is 16.4 Å². The Bertz CT molecular complexity index is 852. The maximum atomic E-state index is 6.21. The molecule has 0 saturated carbocycles. The number of hydrogen-bond acceptors (Lipinski definition) is 6. The average Bonchev–Trinajstić information content (AvgIpc) is 3.16. The van der Waals surface area contributed by atoms with Gasteiger partial charge in [0, 0.05) is 10.4 Å². The van der Waals surface area contributed by atoms with Crippen molar-refractivity contribution in [3.63, 3.8) is 0 Å². The fourth-order valence-corrected chi connectivity index (χ4v) is 2.92. The zero-order valence-electron chi connectivity index (χ0n) is 13.9. The minimum absolute atomic E-state index is 0.158. The predicted molar refractivity (Wildman–Crippen MR) is 93.7 cm³/mol. The first-order valence-electron chi connectivity index (χ1n) is 7.47. The SMILES string of the molecule is Cc1ccc(-n2cnnc2SCc2noc(C(C)(C)C)n2)cc1Cl. The molecular formula is C16H18ClN5OS. The number of aryl methyl sites for hydroxylation is 1. The van der Waals surface area contributed by atoms with Crippen molar-refractivity contribution < 1.29 is 4.52 Å². The topological polar surface area (TPSA) is 69.6 Å². The van der Waals surface area contributed by atoms with E-state index in [9.17, 15) is 0 Å². The number of hydrogen-bond donors (Lipinski definition) is 0. The van der Waals surface area contributed by atoms with Crippen LogP contribution in [0.2, 0.25) is 5.02 Å². The maximum Gasteiger partial charge on any atom is 0.232 e. The van der Waals surface area contributed by atoms with Crippen LogP contribution in [0.25, 0.3) is 5.69 Å². The van der Waals surface area contributed by atoms with Gasteiger partial charge in [0.1, 0.15) is 6.33 Å². The lowest BCUT2D eigenvalue weighted by molar-refractivity contribution is 0.319. The molecule has 0 radical (unpaired) electrons. The van der Waals surface area contributed by atoms with Crippen LogP contribution in [0.15, 0.2) is 34.2 Å². The highest BCUT2D eigenvalue weighted by molar-refractivity contribution is 7.98. The van der Waals surface area contributed by atoms with E-state index in [1.54, 1.807) is 6.33 Å². The molecule has 8 heteroatoms. The van der Waals surface area contributed by atoms with E-state index in [4.69, 9.17) is 16.1 Å². The molecule has 0 saturated heterocycles. The number of benzene rings is 1. The summed E-state index contributed by atoms with van der Waals surface area (Å²) in [5, 5.41) is 13.6. The number of nitrogens with zero attached hydrogens (tertiary/aromatic N) is 5. The molecule has 126 valence electrons. The second-order valence-electron chi connectivity index (χ2n) is 6.47. The van der Waals surface area contributed by atoms with E-state index >= 15 is 0 Å². The Hall–Kier alpha value is -1.86. The summed E-state index contributed by atoms with van der Waals surface area (Å²) in [6, 6.07) is 5.86. The van der Waals surface area contributed by atoms with Crippen LogP contribution in [-0.4, -0.2) is 24.9 Å². The predicted octanol–water partition coefficient (Wildman–Crippen LogP) is 4.20. The molecule has 24 heavy (non-hydrogen) atoms. The quantitative estimate of drug-likeness (QED) is 0.647. The second kappa shape index (κ2) is 6.57. The summed E-state index contributed by atoms with van der Waals surface area (Å²) in [6.45, 7) is 8.08. The Morgan fingerprint density at radius 3 is 2.75 bits per heavy atom. The van der Waals surface area contributed by atoms with Crippen molar-refractivity contribution in [3.8, 4) is 5.69 Å². The second-order valence-corrected chi connectivity index (χ2v) is 7.82. The van der Waals surface area contributed by atoms with Crippen LogP contribution >= 0.6 is 23.4 Å².